The van der Waals surface area contributed by atoms with Crippen LogP contribution in [-0.2, 0) is 14.2 Å². The molecule has 11 heteroatoms. The highest BCUT2D eigenvalue weighted by Crippen LogP contribution is 2.43. The Kier molecular flexibility index (Phi) is 3.74. The van der Waals surface area contributed by atoms with Gasteiger partial charge in [-0.15, -0.1) is 0 Å². The maximum Gasteiger partial charge on any atom is 0.330 e. The summed E-state index contributed by atoms with van der Waals surface area (Å²) in [7, 11) is 0. The third-order valence-electron chi connectivity index (χ3n) is 3.66. The number of azide groups is 1. The number of aromatic amines is 1. The Morgan fingerprint density at radius 1 is 1.43 bits per heavy atom. The van der Waals surface area contributed by atoms with Gasteiger partial charge in [0.15, 0.2) is 12.0 Å². The third-order valence-corrected chi connectivity index (χ3v) is 3.66. The van der Waals surface area contributed by atoms with Gasteiger partial charge >= 0.3 is 5.69 Å². The van der Waals surface area contributed by atoms with Crippen molar-refractivity contribution in [2.24, 2.45) is 5.11 Å². The SMILES string of the molecule is CC1(C)OC2C(O1)[C@@H](CO)O[C@H]2n1c(N=[N+]=[N-])cc(=O)[nH]c1=O. The van der Waals surface area contributed by atoms with E-state index in [-0.39, 0.29) is 12.4 Å². The summed E-state index contributed by atoms with van der Waals surface area (Å²) in [4.78, 5) is 28.3. The number of hydrogen-bond donors (Lipinski definition) is 2. The fourth-order valence-corrected chi connectivity index (χ4v) is 2.88. The molecule has 23 heavy (non-hydrogen) atoms. The summed E-state index contributed by atoms with van der Waals surface area (Å²) in [6.45, 7) is 3.05. The topological polar surface area (TPSA) is 152 Å². The zero-order chi connectivity index (χ0) is 16.8. The van der Waals surface area contributed by atoms with E-state index >= 15 is 0 Å². The second-order valence-corrected chi connectivity index (χ2v) is 5.67. The Labute approximate surface area is 129 Å². The van der Waals surface area contributed by atoms with Crippen LogP contribution < -0.4 is 11.2 Å². The number of ether oxygens (including phenoxy) is 3. The van der Waals surface area contributed by atoms with Crippen molar-refractivity contribution >= 4 is 5.82 Å². The van der Waals surface area contributed by atoms with Crippen molar-refractivity contribution in [2.75, 3.05) is 6.61 Å². The minimum atomic E-state index is -1.01. The second-order valence-electron chi connectivity index (χ2n) is 5.67. The minimum Gasteiger partial charge on any atom is -0.394 e. The summed E-state index contributed by atoms with van der Waals surface area (Å²) in [5, 5.41) is 12.8. The van der Waals surface area contributed by atoms with Gasteiger partial charge in [0.05, 0.1) is 6.61 Å². The number of hydrogen-bond acceptors (Lipinski definition) is 7. The summed E-state index contributed by atoms with van der Waals surface area (Å²) in [6.07, 6.45) is -3.04. The van der Waals surface area contributed by atoms with Crippen LogP contribution >= 0.6 is 0 Å². The average Bonchev–Trinajstić information content (AvgIpc) is 2.92. The normalized spacial score (nSPS) is 31.6. The van der Waals surface area contributed by atoms with E-state index in [1.54, 1.807) is 13.8 Å². The van der Waals surface area contributed by atoms with Gasteiger partial charge in [-0.2, -0.15) is 0 Å². The van der Waals surface area contributed by atoms with Crippen LogP contribution in [0.25, 0.3) is 10.4 Å². The fraction of sp³-hybridized carbons (Fsp3) is 0.667. The third kappa shape index (κ3) is 2.64. The number of nitrogens with zero attached hydrogens (tertiary/aromatic N) is 4. The molecule has 1 aromatic rings. The molecule has 4 atom stereocenters. The molecule has 3 rings (SSSR count). The van der Waals surface area contributed by atoms with Gasteiger partial charge in [0.25, 0.3) is 5.56 Å². The van der Waals surface area contributed by atoms with Gasteiger partial charge in [0.2, 0.25) is 0 Å². The Bertz CT molecular complexity index is 779. The fourth-order valence-electron chi connectivity index (χ4n) is 2.88. The number of fused-ring (bicyclic) bond motifs is 1. The van der Waals surface area contributed by atoms with Crippen LogP contribution in [-0.4, -0.2) is 45.4 Å². The number of aliphatic hydroxyl groups excluding tert-OH is 1. The lowest BCUT2D eigenvalue weighted by molar-refractivity contribution is -0.200. The summed E-state index contributed by atoms with van der Waals surface area (Å²) >= 11 is 0. The van der Waals surface area contributed by atoms with Crippen molar-refractivity contribution in [1.82, 2.24) is 9.55 Å². The molecule has 2 saturated heterocycles. The maximum atomic E-state index is 12.2. The highest BCUT2D eigenvalue weighted by Gasteiger charge is 2.56. The Balaban J connectivity index is 2.10. The first kappa shape index (κ1) is 15.7. The van der Waals surface area contributed by atoms with E-state index < -0.39 is 41.6 Å². The van der Waals surface area contributed by atoms with Crippen molar-refractivity contribution < 1.29 is 19.3 Å². The largest absolute Gasteiger partial charge is 0.394 e. The van der Waals surface area contributed by atoms with Crippen molar-refractivity contribution in [3.05, 3.63) is 37.3 Å². The van der Waals surface area contributed by atoms with Gasteiger partial charge in [-0.3, -0.25) is 14.3 Å². The van der Waals surface area contributed by atoms with Gasteiger partial charge in [0.1, 0.15) is 24.1 Å². The zero-order valence-electron chi connectivity index (χ0n) is 12.4. The Morgan fingerprint density at radius 3 is 2.78 bits per heavy atom. The first-order valence-corrected chi connectivity index (χ1v) is 6.89. The van der Waals surface area contributed by atoms with E-state index in [1.165, 1.54) is 0 Å². The molecule has 1 aromatic heterocycles. The van der Waals surface area contributed by atoms with Gasteiger partial charge < -0.3 is 19.3 Å². The van der Waals surface area contributed by atoms with Gasteiger partial charge in [0, 0.05) is 11.0 Å². The number of aliphatic hydroxyl groups is 1. The molecule has 2 aliphatic heterocycles. The number of aromatic nitrogens is 2. The van der Waals surface area contributed by atoms with E-state index in [0.717, 1.165) is 10.6 Å². The van der Waals surface area contributed by atoms with Gasteiger partial charge in [-0.05, 0) is 24.5 Å². The molecular formula is C12H15N5O6. The first-order valence-electron chi connectivity index (χ1n) is 6.89. The average molecular weight is 325 g/mol. The molecule has 0 amide bonds. The van der Waals surface area contributed by atoms with Crippen LogP contribution in [0.4, 0.5) is 5.82 Å². The van der Waals surface area contributed by atoms with Crippen molar-refractivity contribution in [3.8, 4) is 0 Å². The molecule has 2 fully saturated rings. The van der Waals surface area contributed by atoms with E-state index in [4.69, 9.17) is 19.7 Å². The van der Waals surface area contributed by atoms with Crippen LogP contribution in [0.5, 0.6) is 0 Å². The van der Waals surface area contributed by atoms with Gasteiger partial charge in [-0.1, -0.05) is 0 Å². The smallest absolute Gasteiger partial charge is 0.330 e. The molecule has 0 aromatic carbocycles. The van der Waals surface area contributed by atoms with Crippen LogP contribution in [0.3, 0.4) is 0 Å². The van der Waals surface area contributed by atoms with Gasteiger partial charge in [-0.25, -0.2) is 4.79 Å². The molecule has 11 nitrogen and oxygen atoms in total. The molecule has 3 heterocycles. The summed E-state index contributed by atoms with van der Waals surface area (Å²) in [5.41, 5.74) is 7.12. The van der Waals surface area contributed by atoms with E-state index in [0.29, 0.717) is 0 Å². The highest BCUT2D eigenvalue weighted by molar-refractivity contribution is 5.26. The van der Waals surface area contributed by atoms with Crippen LogP contribution in [0, 0.1) is 0 Å². The molecule has 0 aliphatic carbocycles. The lowest BCUT2D eigenvalue weighted by Gasteiger charge is -2.25. The monoisotopic (exact) mass is 325 g/mol. The van der Waals surface area contributed by atoms with E-state index in [9.17, 15) is 14.7 Å². The number of H-pyrrole nitrogens is 1. The number of nitrogens with one attached hydrogen (secondary N) is 1. The van der Waals surface area contributed by atoms with E-state index in [1.807, 2.05) is 0 Å². The molecule has 0 saturated carbocycles. The molecule has 0 radical (unpaired) electrons. The van der Waals surface area contributed by atoms with Crippen LogP contribution in [0.2, 0.25) is 0 Å². The zero-order valence-corrected chi connectivity index (χ0v) is 12.4. The molecule has 2 aliphatic rings. The van der Waals surface area contributed by atoms with E-state index in [2.05, 4.69) is 15.0 Å². The van der Waals surface area contributed by atoms with Crippen LogP contribution in [0.15, 0.2) is 20.8 Å². The lowest BCUT2D eigenvalue weighted by atomic mass is 10.1. The Hall–Kier alpha value is -2.17. The predicted molar refractivity (Wildman–Crippen MR) is 74.9 cm³/mol. The van der Waals surface area contributed by atoms with Crippen molar-refractivity contribution in [3.63, 3.8) is 0 Å². The summed E-state index contributed by atoms with van der Waals surface area (Å²) < 4.78 is 18.0. The second kappa shape index (κ2) is 5.48. The Morgan fingerprint density at radius 2 is 2.13 bits per heavy atom. The molecule has 0 spiro atoms. The minimum absolute atomic E-state index is 0.211. The molecule has 124 valence electrons. The lowest BCUT2D eigenvalue weighted by Crippen LogP contribution is -2.37. The number of rotatable bonds is 3. The van der Waals surface area contributed by atoms with Crippen molar-refractivity contribution in [1.29, 1.82) is 0 Å². The predicted octanol–water partition coefficient (Wildman–Crippen LogP) is -0.112. The quantitative estimate of drug-likeness (QED) is 0.449. The highest BCUT2D eigenvalue weighted by atomic mass is 16.8. The maximum absolute atomic E-state index is 12.2. The van der Waals surface area contributed by atoms with Crippen LogP contribution in [0.1, 0.15) is 20.1 Å². The first-order chi connectivity index (χ1) is 10.9. The summed E-state index contributed by atoms with van der Waals surface area (Å²) in [5.74, 6) is -1.13. The molecule has 2 N–H and O–H groups in total. The molecule has 2 unspecified atom stereocenters. The standard InChI is InChI=1S/C12H15N5O6/c1-12(2)22-8-5(4-18)21-10(9(8)23-12)17-6(15-16-13)3-7(19)14-11(17)20/h3,5,8-10,18H,4H2,1-2H3,(H,14,19,20)/t5-,8?,9?,10-/m1/s1. The summed E-state index contributed by atoms with van der Waals surface area (Å²) in [6, 6.07) is 0.979. The van der Waals surface area contributed by atoms with Crippen molar-refractivity contribution in [2.45, 2.75) is 44.2 Å². The molecular weight excluding hydrogens is 310 g/mol. The molecule has 0 bridgehead atoms.